The maximum atomic E-state index is 12.4. The van der Waals surface area contributed by atoms with Crippen molar-refractivity contribution in [2.24, 2.45) is 0 Å². The number of hydrogen-bond donors (Lipinski definition) is 1. The Labute approximate surface area is 183 Å². The number of hydrogen-bond acceptors (Lipinski definition) is 10. The minimum Gasteiger partial charge on any atom is -0.494 e. The first kappa shape index (κ1) is 23.9. The molecule has 164 valence electrons. The number of nitrogens with one attached hydrogen (secondary N) is 1. The summed E-state index contributed by atoms with van der Waals surface area (Å²) in [4.78, 5) is 23.6. The van der Waals surface area contributed by atoms with Crippen molar-refractivity contribution < 1.29 is 27.5 Å². The van der Waals surface area contributed by atoms with Gasteiger partial charge in [0.05, 0.1) is 31.4 Å². The summed E-state index contributed by atoms with van der Waals surface area (Å²) in [6.07, 6.45) is 1.88. The van der Waals surface area contributed by atoms with E-state index in [0.29, 0.717) is 22.4 Å². The number of aromatic nitrogens is 2. The summed E-state index contributed by atoms with van der Waals surface area (Å²) in [7, 11) is -2.42. The van der Waals surface area contributed by atoms with Crippen LogP contribution in [0.2, 0.25) is 0 Å². The molecule has 10 nitrogen and oxygen atoms in total. The van der Waals surface area contributed by atoms with Gasteiger partial charge in [-0.3, -0.25) is 19.2 Å². The Kier molecular flexibility index (Phi) is 8.87. The average molecular weight is 475 g/mol. The lowest BCUT2D eigenvalue weighted by molar-refractivity contribution is -0.137. The summed E-state index contributed by atoms with van der Waals surface area (Å²) < 4.78 is 35.9. The van der Waals surface area contributed by atoms with Crippen LogP contribution in [0.3, 0.4) is 0 Å². The van der Waals surface area contributed by atoms with Crippen molar-refractivity contribution in [3.8, 4) is 5.75 Å². The molecule has 30 heavy (non-hydrogen) atoms. The minimum absolute atomic E-state index is 0.0684. The third kappa shape index (κ3) is 7.46. The maximum absolute atomic E-state index is 12.4. The maximum Gasteiger partial charge on any atom is 0.316 e. The zero-order chi connectivity index (χ0) is 22.1. The van der Waals surface area contributed by atoms with E-state index < -0.39 is 28.4 Å². The quantitative estimate of drug-likeness (QED) is 0.295. The number of sulfonamides is 1. The summed E-state index contributed by atoms with van der Waals surface area (Å²) in [6, 6.07) is 6.45. The number of thioether (sulfide) groups is 1. The van der Waals surface area contributed by atoms with Crippen LogP contribution in [-0.2, 0) is 24.3 Å². The number of ether oxygens (including phenoxy) is 2. The molecule has 0 aliphatic carbocycles. The molecule has 0 radical (unpaired) electrons. The smallest absolute Gasteiger partial charge is 0.316 e. The molecule has 13 heteroatoms. The normalized spacial score (nSPS) is 11.0. The molecule has 2 aromatic rings. The zero-order valence-corrected chi connectivity index (χ0v) is 19.1. The lowest BCUT2D eigenvalue weighted by Gasteiger charge is -2.21. The van der Waals surface area contributed by atoms with Crippen LogP contribution in [-0.4, -0.2) is 62.8 Å². The molecule has 0 fully saturated rings. The lowest BCUT2D eigenvalue weighted by Crippen LogP contribution is -2.37. The molecule has 0 aliphatic heterocycles. The Hall–Kier alpha value is -2.38. The second-order valence-corrected chi connectivity index (χ2v) is 10.0. The van der Waals surface area contributed by atoms with Gasteiger partial charge >= 0.3 is 5.97 Å². The fourth-order valence-corrected chi connectivity index (χ4v) is 4.57. The SMILES string of the molecule is CCCOc1ccc(N(CC(=O)Nc2nnc(SCC(=O)OC)s2)S(C)(=O)=O)cc1. The van der Waals surface area contributed by atoms with E-state index >= 15 is 0 Å². The Balaban J connectivity index is 2.02. The highest BCUT2D eigenvalue weighted by atomic mass is 32.2. The number of carbonyl (C=O) groups is 2. The van der Waals surface area contributed by atoms with Crippen LogP contribution in [0, 0.1) is 0 Å². The van der Waals surface area contributed by atoms with E-state index in [1.165, 1.54) is 7.11 Å². The van der Waals surface area contributed by atoms with Crippen molar-refractivity contribution in [2.45, 2.75) is 17.7 Å². The van der Waals surface area contributed by atoms with Gasteiger partial charge in [-0.1, -0.05) is 30.0 Å². The molecular weight excluding hydrogens is 452 g/mol. The number of nitrogens with zero attached hydrogens (tertiary/aromatic N) is 3. The third-order valence-electron chi connectivity index (χ3n) is 3.48. The molecule has 1 aromatic carbocycles. The van der Waals surface area contributed by atoms with Crippen molar-refractivity contribution in [1.29, 1.82) is 0 Å². The van der Waals surface area contributed by atoms with Crippen molar-refractivity contribution in [3.05, 3.63) is 24.3 Å². The van der Waals surface area contributed by atoms with Gasteiger partial charge < -0.3 is 9.47 Å². The van der Waals surface area contributed by atoms with Crippen molar-refractivity contribution in [3.63, 3.8) is 0 Å². The van der Waals surface area contributed by atoms with Crippen LogP contribution in [0.5, 0.6) is 5.75 Å². The van der Waals surface area contributed by atoms with Crippen LogP contribution in [0.1, 0.15) is 13.3 Å². The van der Waals surface area contributed by atoms with Gasteiger partial charge in [0.15, 0.2) is 4.34 Å². The van der Waals surface area contributed by atoms with Gasteiger partial charge in [0, 0.05) is 0 Å². The molecular formula is C17H22N4O6S3. The van der Waals surface area contributed by atoms with E-state index in [1.54, 1.807) is 24.3 Å². The van der Waals surface area contributed by atoms with Crippen LogP contribution in [0.25, 0.3) is 0 Å². The Bertz CT molecular complexity index is 962. The molecule has 1 aromatic heterocycles. The molecule has 1 N–H and O–H groups in total. The van der Waals surface area contributed by atoms with E-state index in [9.17, 15) is 18.0 Å². The molecule has 2 rings (SSSR count). The Morgan fingerprint density at radius 2 is 1.93 bits per heavy atom. The topological polar surface area (TPSA) is 128 Å². The van der Waals surface area contributed by atoms with Gasteiger partial charge in [-0.05, 0) is 30.7 Å². The van der Waals surface area contributed by atoms with Gasteiger partial charge in [0.1, 0.15) is 12.3 Å². The molecule has 0 spiro atoms. The Morgan fingerprint density at radius 1 is 1.23 bits per heavy atom. The highest BCUT2D eigenvalue weighted by Crippen LogP contribution is 2.26. The van der Waals surface area contributed by atoms with Crippen LogP contribution < -0.4 is 14.4 Å². The van der Waals surface area contributed by atoms with Gasteiger partial charge in [-0.25, -0.2) is 8.42 Å². The highest BCUT2D eigenvalue weighted by molar-refractivity contribution is 8.01. The number of rotatable bonds is 11. The van der Waals surface area contributed by atoms with Crippen LogP contribution >= 0.6 is 23.1 Å². The monoisotopic (exact) mass is 474 g/mol. The van der Waals surface area contributed by atoms with E-state index in [-0.39, 0.29) is 10.9 Å². The minimum atomic E-state index is -3.71. The van der Waals surface area contributed by atoms with E-state index in [0.717, 1.165) is 40.1 Å². The molecule has 0 saturated carbocycles. The summed E-state index contributed by atoms with van der Waals surface area (Å²) in [5.74, 6) is -0.300. The van der Waals surface area contributed by atoms with Crippen molar-refractivity contribution in [2.75, 3.05) is 41.9 Å². The summed E-state index contributed by atoms with van der Waals surface area (Å²) >= 11 is 2.19. The largest absolute Gasteiger partial charge is 0.494 e. The molecule has 1 heterocycles. The van der Waals surface area contributed by atoms with Gasteiger partial charge in [0.25, 0.3) is 0 Å². The van der Waals surface area contributed by atoms with Crippen LogP contribution in [0.15, 0.2) is 28.6 Å². The third-order valence-corrected chi connectivity index (χ3v) is 6.57. The number of anilines is 2. The summed E-state index contributed by atoms with van der Waals surface area (Å²) in [5, 5.41) is 10.4. The highest BCUT2D eigenvalue weighted by Gasteiger charge is 2.22. The van der Waals surface area contributed by atoms with E-state index in [1.807, 2.05) is 6.92 Å². The lowest BCUT2D eigenvalue weighted by atomic mass is 10.3. The average Bonchev–Trinajstić information content (AvgIpc) is 3.15. The molecule has 1 amide bonds. The zero-order valence-electron chi connectivity index (χ0n) is 16.7. The van der Waals surface area contributed by atoms with Crippen molar-refractivity contribution >= 4 is 55.8 Å². The van der Waals surface area contributed by atoms with Gasteiger partial charge in [0.2, 0.25) is 21.1 Å². The Morgan fingerprint density at radius 3 is 2.53 bits per heavy atom. The summed E-state index contributed by atoms with van der Waals surface area (Å²) in [6.45, 7) is 2.11. The van der Waals surface area contributed by atoms with E-state index in [4.69, 9.17) is 4.74 Å². The first-order chi connectivity index (χ1) is 14.2. The predicted octanol–water partition coefficient (Wildman–Crippen LogP) is 2.00. The van der Waals surface area contributed by atoms with Crippen LogP contribution in [0.4, 0.5) is 10.8 Å². The number of benzene rings is 1. The fraction of sp³-hybridized carbons (Fsp3) is 0.412. The number of esters is 1. The number of methoxy groups -OCH3 is 1. The first-order valence-corrected chi connectivity index (χ1v) is 12.4. The van der Waals surface area contributed by atoms with E-state index in [2.05, 4.69) is 20.3 Å². The predicted molar refractivity (Wildman–Crippen MR) is 116 cm³/mol. The summed E-state index contributed by atoms with van der Waals surface area (Å²) in [5.41, 5.74) is 0.336. The molecule has 0 atom stereocenters. The van der Waals surface area contributed by atoms with Gasteiger partial charge in [-0.2, -0.15) is 0 Å². The molecule has 0 saturated heterocycles. The fourth-order valence-electron chi connectivity index (χ4n) is 2.12. The molecule has 0 bridgehead atoms. The number of carbonyl (C=O) groups excluding carboxylic acids is 2. The van der Waals surface area contributed by atoms with Gasteiger partial charge in [-0.15, -0.1) is 10.2 Å². The molecule has 0 unspecified atom stereocenters. The first-order valence-electron chi connectivity index (χ1n) is 8.76. The second kappa shape index (κ2) is 11.1. The standard InChI is InChI=1S/C17H22N4O6S3/c1-4-9-27-13-7-5-12(6-8-13)21(30(3,24)25)10-14(22)18-16-19-20-17(29-16)28-11-15(23)26-2/h5-8H,4,9-11H2,1-3H3,(H,18,19,22). The number of amides is 1. The van der Waals surface area contributed by atoms with Crippen molar-refractivity contribution in [1.82, 2.24) is 10.2 Å². The second-order valence-electron chi connectivity index (χ2n) is 5.90. The molecule has 0 aliphatic rings.